The lowest BCUT2D eigenvalue weighted by Crippen LogP contribution is -2.32. The van der Waals surface area contributed by atoms with Crippen LogP contribution in [0.4, 0.5) is 8.78 Å². The van der Waals surface area contributed by atoms with Crippen molar-refractivity contribution < 1.29 is 18.6 Å². The van der Waals surface area contributed by atoms with Crippen molar-refractivity contribution >= 4 is 0 Å². The Morgan fingerprint density at radius 1 is 1.09 bits per heavy atom. The smallest absolute Gasteiger partial charge is 0.270 e. The number of nitrogens with zero attached hydrogens (tertiary/aromatic N) is 1. The first kappa shape index (κ1) is 22.9. The molecular formula is C28H35F2NO2. The van der Waals surface area contributed by atoms with Crippen LogP contribution in [0.2, 0.25) is 0 Å². The van der Waals surface area contributed by atoms with Gasteiger partial charge in [-0.3, -0.25) is 4.98 Å². The normalized spacial score (nSPS) is 25.5. The molecule has 2 atom stereocenters. The minimum absolute atomic E-state index is 0.00496. The number of alkyl halides is 2. The molecule has 0 bridgehead atoms. The maximum absolute atomic E-state index is 13.8. The number of rotatable bonds is 3. The van der Waals surface area contributed by atoms with Crippen molar-refractivity contribution in [2.45, 2.75) is 103 Å². The van der Waals surface area contributed by atoms with E-state index in [-0.39, 0.29) is 23.0 Å². The molecule has 3 aliphatic rings. The van der Waals surface area contributed by atoms with Crippen LogP contribution in [-0.2, 0) is 22.7 Å². The Labute approximate surface area is 195 Å². The van der Waals surface area contributed by atoms with E-state index in [4.69, 9.17) is 9.72 Å². The van der Waals surface area contributed by atoms with Crippen LogP contribution in [-0.4, -0.2) is 10.1 Å². The molecule has 1 aliphatic heterocycles. The third-order valence-corrected chi connectivity index (χ3v) is 7.85. The largest absolute Gasteiger partial charge is 0.388 e. The number of aromatic nitrogens is 1. The van der Waals surface area contributed by atoms with Crippen LogP contribution in [0.25, 0.3) is 0 Å². The minimum atomic E-state index is -2.87. The average molecular weight is 456 g/mol. The molecule has 0 radical (unpaired) electrons. The number of pyridine rings is 1. The fraction of sp³-hybridized carbons (Fsp3) is 0.607. The topological polar surface area (TPSA) is 42.4 Å². The van der Waals surface area contributed by atoms with Gasteiger partial charge < -0.3 is 9.84 Å². The molecule has 3 nitrogen and oxygen atoms in total. The molecule has 2 heterocycles. The molecule has 1 fully saturated rings. The summed E-state index contributed by atoms with van der Waals surface area (Å²) in [6.45, 7) is 9.61. The quantitative estimate of drug-likeness (QED) is 0.532. The summed E-state index contributed by atoms with van der Waals surface area (Å²) in [4.78, 5) is 5.16. The molecule has 1 aromatic carbocycles. The molecule has 2 unspecified atom stereocenters. The van der Waals surface area contributed by atoms with Crippen LogP contribution in [0.15, 0.2) is 24.3 Å². The summed E-state index contributed by atoms with van der Waals surface area (Å²) in [6, 6.07) is 6.57. The molecule has 2 aliphatic carbocycles. The Hall–Kier alpha value is -1.85. The SMILES string of the molecule is CC(C)c1nc2c(c3c1C(c1ccc(C(C)(F)F)cc1)OC31CCCC1)C(O)CC(C)(C)C2. The van der Waals surface area contributed by atoms with Crippen molar-refractivity contribution in [3.63, 3.8) is 0 Å². The lowest BCUT2D eigenvalue weighted by atomic mass is 9.70. The fourth-order valence-corrected chi connectivity index (χ4v) is 6.37. The highest BCUT2D eigenvalue weighted by molar-refractivity contribution is 5.54. The average Bonchev–Trinajstić information content (AvgIpc) is 3.31. The zero-order valence-electron chi connectivity index (χ0n) is 20.3. The van der Waals surface area contributed by atoms with E-state index in [0.717, 1.165) is 72.7 Å². The number of fused-ring (bicyclic) bond motifs is 4. The van der Waals surface area contributed by atoms with E-state index in [0.29, 0.717) is 6.42 Å². The van der Waals surface area contributed by atoms with Crippen molar-refractivity contribution in [2.24, 2.45) is 5.41 Å². The van der Waals surface area contributed by atoms with Gasteiger partial charge >= 0.3 is 0 Å². The highest BCUT2D eigenvalue weighted by atomic mass is 19.3. The van der Waals surface area contributed by atoms with Gasteiger partial charge in [0.25, 0.3) is 5.92 Å². The van der Waals surface area contributed by atoms with Crippen molar-refractivity contribution in [2.75, 3.05) is 0 Å². The third-order valence-electron chi connectivity index (χ3n) is 7.85. The van der Waals surface area contributed by atoms with Crippen LogP contribution in [0.3, 0.4) is 0 Å². The van der Waals surface area contributed by atoms with Crippen LogP contribution < -0.4 is 0 Å². The summed E-state index contributed by atoms with van der Waals surface area (Å²) in [6.07, 6.45) is 4.65. The van der Waals surface area contributed by atoms with Gasteiger partial charge in [-0.2, -0.15) is 0 Å². The van der Waals surface area contributed by atoms with Gasteiger partial charge in [0, 0.05) is 35.0 Å². The standard InChI is InChI=1S/C28H35F2NO2/c1-16(2)24-22-23(21-19(31-24)14-26(3,4)15-20(21)32)28(12-6-7-13-28)33-25(22)17-8-10-18(11-9-17)27(5,29)30/h8-11,16,20,25,32H,6-7,12-15H2,1-5H3. The summed E-state index contributed by atoms with van der Waals surface area (Å²) < 4.78 is 34.6. The van der Waals surface area contributed by atoms with E-state index >= 15 is 0 Å². The number of aliphatic hydroxyl groups is 1. The number of aliphatic hydroxyl groups excluding tert-OH is 1. The number of hydrogen-bond donors (Lipinski definition) is 1. The van der Waals surface area contributed by atoms with E-state index in [1.54, 1.807) is 12.1 Å². The third kappa shape index (κ3) is 3.72. The molecular weight excluding hydrogens is 420 g/mol. The number of halogens is 2. The minimum Gasteiger partial charge on any atom is -0.388 e. The van der Waals surface area contributed by atoms with Crippen LogP contribution in [0.1, 0.15) is 124 Å². The van der Waals surface area contributed by atoms with E-state index in [1.165, 1.54) is 12.1 Å². The lowest BCUT2D eigenvalue weighted by Gasteiger charge is -2.38. The van der Waals surface area contributed by atoms with Gasteiger partial charge in [0.15, 0.2) is 0 Å². The van der Waals surface area contributed by atoms with Crippen LogP contribution in [0, 0.1) is 5.41 Å². The molecule has 1 saturated carbocycles. The summed E-state index contributed by atoms with van der Waals surface area (Å²) in [5.41, 5.74) is 5.69. The van der Waals surface area contributed by atoms with Gasteiger partial charge in [-0.1, -0.05) is 64.8 Å². The molecule has 178 valence electrons. The second kappa shape index (κ2) is 7.58. The molecule has 2 aromatic rings. The van der Waals surface area contributed by atoms with Gasteiger partial charge in [-0.05, 0) is 48.1 Å². The number of benzene rings is 1. The monoisotopic (exact) mass is 455 g/mol. The van der Waals surface area contributed by atoms with E-state index in [2.05, 4.69) is 27.7 Å². The predicted octanol–water partition coefficient (Wildman–Crippen LogP) is 7.21. The molecule has 5 heteroatoms. The number of ether oxygens (including phenoxy) is 1. The summed E-state index contributed by atoms with van der Waals surface area (Å²) in [5.74, 6) is -2.69. The molecule has 0 saturated heterocycles. The fourth-order valence-electron chi connectivity index (χ4n) is 6.37. The zero-order valence-corrected chi connectivity index (χ0v) is 20.3. The Morgan fingerprint density at radius 2 is 1.73 bits per heavy atom. The van der Waals surface area contributed by atoms with Crippen molar-refractivity contribution in [3.05, 3.63) is 63.5 Å². The second-order valence-electron chi connectivity index (χ2n) is 11.6. The Morgan fingerprint density at radius 3 is 2.30 bits per heavy atom. The van der Waals surface area contributed by atoms with Crippen molar-refractivity contribution in [1.82, 2.24) is 4.98 Å². The Balaban J connectivity index is 1.73. The summed E-state index contributed by atoms with van der Waals surface area (Å²) >= 11 is 0. The van der Waals surface area contributed by atoms with Gasteiger partial charge in [0.2, 0.25) is 0 Å². The van der Waals surface area contributed by atoms with Crippen molar-refractivity contribution in [3.8, 4) is 0 Å². The Kier molecular flexibility index (Phi) is 5.26. The van der Waals surface area contributed by atoms with Gasteiger partial charge in [0.1, 0.15) is 6.10 Å². The van der Waals surface area contributed by atoms with E-state index in [9.17, 15) is 13.9 Å². The second-order valence-corrected chi connectivity index (χ2v) is 11.6. The van der Waals surface area contributed by atoms with Crippen LogP contribution >= 0.6 is 0 Å². The first-order valence-corrected chi connectivity index (χ1v) is 12.3. The Bertz CT molecular complexity index is 1060. The molecule has 33 heavy (non-hydrogen) atoms. The van der Waals surface area contributed by atoms with Crippen LogP contribution in [0.5, 0.6) is 0 Å². The molecule has 1 aromatic heterocycles. The molecule has 1 N–H and O–H groups in total. The maximum Gasteiger partial charge on any atom is 0.270 e. The first-order valence-electron chi connectivity index (χ1n) is 12.3. The van der Waals surface area contributed by atoms with Crippen molar-refractivity contribution in [1.29, 1.82) is 0 Å². The molecule has 1 spiro atoms. The van der Waals surface area contributed by atoms with E-state index in [1.807, 2.05) is 0 Å². The predicted molar refractivity (Wildman–Crippen MR) is 124 cm³/mol. The summed E-state index contributed by atoms with van der Waals surface area (Å²) in [5, 5.41) is 11.3. The number of hydrogen-bond acceptors (Lipinski definition) is 3. The van der Waals surface area contributed by atoms with E-state index < -0.39 is 17.6 Å². The zero-order chi connectivity index (χ0) is 23.8. The highest BCUT2D eigenvalue weighted by Crippen LogP contribution is 2.59. The van der Waals surface area contributed by atoms with Gasteiger partial charge in [-0.25, -0.2) is 8.78 Å². The first-order chi connectivity index (χ1) is 15.4. The maximum atomic E-state index is 13.8. The molecule has 0 amide bonds. The lowest BCUT2D eigenvalue weighted by molar-refractivity contribution is -0.0581. The highest BCUT2D eigenvalue weighted by Gasteiger charge is 2.52. The van der Waals surface area contributed by atoms with Gasteiger partial charge in [-0.15, -0.1) is 0 Å². The molecule has 5 rings (SSSR count). The summed E-state index contributed by atoms with van der Waals surface area (Å²) in [7, 11) is 0. The van der Waals surface area contributed by atoms with Gasteiger partial charge in [0.05, 0.1) is 11.7 Å².